The number of allylic oxidation sites excluding steroid dienone is 1. The van der Waals surface area contributed by atoms with Gasteiger partial charge in [0.15, 0.2) is 5.78 Å². The zero-order valence-corrected chi connectivity index (χ0v) is 22.7. The van der Waals surface area contributed by atoms with Crippen LogP contribution in [0.2, 0.25) is 0 Å². The molecule has 9 heteroatoms. The van der Waals surface area contributed by atoms with Gasteiger partial charge in [0.25, 0.3) is 11.8 Å². The predicted octanol–water partition coefficient (Wildman–Crippen LogP) is 3.63. The van der Waals surface area contributed by atoms with Crippen molar-refractivity contribution in [3.63, 3.8) is 0 Å². The first-order valence-corrected chi connectivity index (χ1v) is 14.1. The fraction of sp³-hybridized carbons (Fsp3) is 0.419. The Labute approximate surface area is 233 Å². The zero-order valence-electron chi connectivity index (χ0n) is 22.7. The number of nitrogens with one attached hydrogen (secondary N) is 1. The van der Waals surface area contributed by atoms with Crippen molar-refractivity contribution in [2.45, 2.75) is 63.8 Å². The summed E-state index contributed by atoms with van der Waals surface area (Å²) in [4.78, 5) is 60.4. The zero-order chi connectivity index (χ0) is 28.1. The van der Waals surface area contributed by atoms with Gasteiger partial charge in [-0.05, 0) is 62.3 Å². The van der Waals surface area contributed by atoms with E-state index in [4.69, 9.17) is 4.74 Å². The number of hydrogen-bond donors (Lipinski definition) is 1. The van der Waals surface area contributed by atoms with Gasteiger partial charge in [0.05, 0.1) is 17.3 Å². The summed E-state index contributed by atoms with van der Waals surface area (Å²) in [5.41, 5.74) is 2.09. The maximum absolute atomic E-state index is 12.9. The SMILES string of the molecule is CCOC(=O)N1CCC(NC(=O)c2ccc3c(c2)=NC(=O)/C(=C/C(=O)c2ccc(C4CCCCC4)cc2)N=3)CC1. The van der Waals surface area contributed by atoms with Crippen LogP contribution < -0.4 is 16.0 Å². The molecule has 3 aliphatic rings. The number of amides is 3. The van der Waals surface area contributed by atoms with Gasteiger partial charge in [-0.3, -0.25) is 14.4 Å². The highest BCUT2D eigenvalue weighted by Crippen LogP contribution is 2.32. The molecule has 0 aromatic heterocycles. The molecule has 1 saturated carbocycles. The van der Waals surface area contributed by atoms with Crippen LogP contribution in [-0.4, -0.2) is 54.3 Å². The molecule has 3 amide bonds. The second-order valence-electron chi connectivity index (χ2n) is 10.5. The van der Waals surface area contributed by atoms with Gasteiger partial charge in [-0.25, -0.2) is 14.8 Å². The molecule has 5 rings (SSSR count). The number of likely N-dealkylation sites (tertiary alicyclic amines) is 1. The molecule has 0 spiro atoms. The Morgan fingerprint density at radius 3 is 2.33 bits per heavy atom. The van der Waals surface area contributed by atoms with E-state index < -0.39 is 5.91 Å². The number of hydrogen-bond acceptors (Lipinski definition) is 6. The highest BCUT2D eigenvalue weighted by molar-refractivity contribution is 6.09. The number of carbonyl (C=O) groups is 4. The molecule has 2 fully saturated rings. The number of nitrogens with zero attached hydrogens (tertiary/aromatic N) is 3. The quantitative estimate of drug-likeness (QED) is 0.442. The Morgan fingerprint density at radius 1 is 0.925 bits per heavy atom. The normalized spacial score (nSPS) is 18.9. The lowest BCUT2D eigenvalue weighted by atomic mass is 9.84. The number of piperidine rings is 1. The van der Waals surface area contributed by atoms with E-state index in [1.54, 1.807) is 24.0 Å². The van der Waals surface area contributed by atoms with Crippen molar-refractivity contribution in [2.24, 2.45) is 9.98 Å². The number of rotatable bonds is 6. The molecule has 0 bridgehead atoms. The molecule has 1 aliphatic carbocycles. The fourth-order valence-corrected chi connectivity index (χ4v) is 5.54. The van der Waals surface area contributed by atoms with E-state index in [9.17, 15) is 19.2 Å². The molecule has 2 aromatic carbocycles. The minimum absolute atomic E-state index is 0.0283. The average Bonchev–Trinajstić information content (AvgIpc) is 2.98. The first-order chi connectivity index (χ1) is 19.4. The monoisotopic (exact) mass is 542 g/mol. The Balaban J connectivity index is 1.23. The first kappa shape index (κ1) is 27.4. The minimum atomic E-state index is -0.622. The standard InChI is InChI=1S/C31H34N4O5/c1-2-40-31(39)35-16-14-24(15-17-35)32-29(37)23-12-13-25-26(18-23)34-30(38)27(33-25)19-28(36)22-10-8-21(9-11-22)20-6-4-3-5-7-20/h8-13,18-20,24H,2-7,14-17H2,1H3,(H,32,37)/b27-19-. The van der Waals surface area contributed by atoms with Gasteiger partial charge in [0.1, 0.15) is 5.70 Å². The lowest BCUT2D eigenvalue weighted by Gasteiger charge is -2.31. The summed E-state index contributed by atoms with van der Waals surface area (Å²) in [5, 5.41) is 3.70. The fourth-order valence-electron chi connectivity index (χ4n) is 5.54. The van der Waals surface area contributed by atoms with Crippen molar-refractivity contribution < 1.29 is 23.9 Å². The van der Waals surface area contributed by atoms with Crippen LogP contribution in [0, 0.1) is 0 Å². The summed E-state index contributed by atoms with van der Waals surface area (Å²) in [7, 11) is 0. The second kappa shape index (κ2) is 12.4. The lowest BCUT2D eigenvalue weighted by molar-refractivity contribution is -0.114. The molecular weight excluding hydrogens is 508 g/mol. The summed E-state index contributed by atoms with van der Waals surface area (Å²) in [6, 6.07) is 12.4. The van der Waals surface area contributed by atoms with Crippen molar-refractivity contribution in [3.05, 3.63) is 81.6 Å². The van der Waals surface area contributed by atoms with E-state index in [0.717, 1.165) is 0 Å². The van der Waals surface area contributed by atoms with Crippen LogP contribution in [0.25, 0.3) is 0 Å². The van der Waals surface area contributed by atoms with E-state index in [1.165, 1.54) is 49.8 Å². The molecular formula is C31H34N4O5. The van der Waals surface area contributed by atoms with Crippen LogP contribution in [-0.2, 0) is 9.53 Å². The number of carbonyl (C=O) groups excluding carboxylic acids is 4. The van der Waals surface area contributed by atoms with Gasteiger partial charge in [-0.2, -0.15) is 0 Å². The van der Waals surface area contributed by atoms with Crippen molar-refractivity contribution in [1.82, 2.24) is 10.2 Å². The van der Waals surface area contributed by atoms with Crippen LogP contribution in [0.3, 0.4) is 0 Å². The highest BCUT2D eigenvalue weighted by atomic mass is 16.6. The number of ether oxygens (including phenoxy) is 1. The number of ketones is 1. The summed E-state index contributed by atoms with van der Waals surface area (Å²) in [5.74, 6) is -0.652. The maximum atomic E-state index is 12.9. The van der Waals surface area contributed by atoms with Gasteiger partial charge in [-0.15, -0.1) is 0 Å². The molecule has 9 nitrogen and oxygen atoms in total. The van der Waals surface area contributed by atoms with Crippen LogP contribution in [0.15, 0.2) is 64.2 Å². The third-order valence-electron chi connectivity index (χ3n) is 7.82. The molecule has 1 N–H and O–H groups in total. The van der Waals surface area contributed by atoms with Gasteiger partial charge in [-0.1, -0.05) is 43.5 Å². The maximum Gasteiger partial charge on any atom is 0.409 e. The van der Waals surface area contributed by atoms with E-state index in [1.807, 2.05) is 24.3 Å². The highest BCUT2D eigenvalue weighted by Gasteiger charge is 2.25. The van der Waals surface area contributed by atoms with Crippen LogP contribution in [0.1, 0.15) is 84.1 Å². The smallest absolute Gasteiger partial charge is 0.409 e. The molecule has 0 atom stereocenters. The van der Waals surface area contributed by atoms with E-state index >= 15 is 0 Å². The van der Waals surface area contributed by atoms with Gasteiger partial charge in [0.2, 0.25) is 0 Å². The van der Waals surface area contributed by atoms with E-state index in [-0.39, 0.29) is 34.9 Å². The Kier molecular flexibility index (Phi) is 8.48. The summed E-state index contributed by atoms with van der Waals surface area (Å²) < 4.78 is 5.03. The van der Waals surface area contributed by atoms with Crippen LogP contribution in [0.5, 0.6) is 0 Å². The molecule has 2 aromatic rings. The molecule has 2 aliphatic heterocycles. The van der Waals surface area contributed by atoms with E-state index in [2.05, 4.69) is 15.3 Å². The van der Waals surface area contributed by atoms with Crippen molar-refractivity contribution in [1.29, 1.82) is 0 Å². The Hall–Kier alpha value is -4.14. The van der Waals surface area contributed by atoms with Crippen molar-refractivity contribution >= 4 is 23.7 Å². The number of fused-ring (bicyclic) bond motifs is 1. The summed E-state index contributed by atoms with van der Waals surface area (Å²) in [6.45, 7) is 3.11. The summed E-state index contributed by atoms with van der Waals surface area (Å²) in [6.07, 6.45) is 8.30. The predicted molar refractivity (Wildman–Crippen MR) is 148 cm³/mol. The van der Waals surface area contributed by atoms with Crippen LogP contribution >= 0.6 is 0 Å². The molecule has 1 saturated heterocycles. The Morgan fingerprint density at radius 2 is 1.62 bits per heavy atom. The molecule has 208 valence electrons. The van der Waals surface area contributed by atoms with Crippen LogP contribution in [0.4, 0.5) is 4.79 Å². The lowest BCUT2D eigenvalue weighted by Crippen LogP contribution is -2.47. The first-order valence-electron chi connectivity index (χ1n) is 14.1. The molecule has 40 heavy (non-hydrogen) atoms. The minimum Gasteiger partial charge on any atom is -0.450 e. The van der Waals surface area contributed by atoms with Gasteiger partial charge < -0.3 is 15.0 Å². The second-order valence-corrected chi connectivity index (χ2v) is 10.5. The number of benzene rings is 2. The molecule has 0 radical (unpaired) electrons. The molecule has 0 unspecified atom stereocenters. The third-order valence-corrected chi connectivity index (χ3v) is 7.82. The average molecular weight is 543 g/mol. The van der Waals surface area contributed by atoms with Crippen molar-refractivity contribution in [2.75, 3.05) is 19.7 Å². The van der Waals surface area contributed by atoms with Gasteiger partial charge in [0, 0.05) is 36.3 Å². The summed E-state index contributed by atoms with van der Waals surface area (Å²) >= 11 is 0. The van der Waals surface area contributed by atoms with Crippen molar-refractivity contribution in [3.8, 4) is 0 Å². The van der Waals surface area contributed by atoms with E-state index in [0.29, 0.717) is 54.9 Å². The van der Waals surface area contributed by atoms with Gasteiger partial charge >= 0.3 is 6.09 Å². The Bertz CT molecular complexity index is 1450. The third kappa shape index (κ3) is 6.35. The largest absolute Gasteiger partial charge is 0.450 e. The topological polar surface area (TPSA) is 117 Å². The molecule has 2 heterocycles.